The van der Waals surface area contributed by atoms with Gasteiger partial charge in [-0.15, -0.1) is 0 Å². The maximum atomic E-state index is 10.9. The molecule has 12 nitrogen and oxygen atoms in total. The minimum Gasteiger partial charge on any atom is -0.502 e. The number of aromatic hydroxyl groups is 3. The summed E-state index contributed by atoms with van der Waals surface area (Å²) in [4.78, 5) is 32.7. The fourth-order valence-electron chi connectivity index (χ4n) is 2.51. The second kappa shape index (κ2) is 21.8. The molecule has 0 spiro atoms. The summed E-state index contributed by atoms with van der Waals surface area (Å²) in [5.74, 6) is 0.154. The van der Waals surface area contributed by atoms with Crippen LogP contribution in [0.5, 0.6) is 17.2 Å². The molecule has 0 saturated carbocycles. The third-order valence-electron chi connectivity index (χ3n) is 4.38. The average molecular weight is 667 g/mol. The summed E-state index contributed by atoms with van der Waals surface area (Å²) >= 11 is 0. The van der Waals surface area contributed by atoms with Gasteiger partial charge in [0.15, 0.2) is 17.2 Å². The molecule has 3 radical (unpaired) electrons. The van der Waals surface area contributed by atoms with E-state index in [2.05, 4.69) is 0 Å². The van der Waals surface area contributed by atoms with Gasteiger partial charge in [-0.3, -0.25) is 14.4 Å². The number of ether oxygens (including phenoxy) is 3. The molecule has 0 fully saturated rings. The van der Waals surface area contributed by atoms with Crippen LogP contribution < -0.4 is 16.3 Å². The van der Waals surface area contributed by atoms with Gasteiger partial charge in [-0.05, 0) is 19.3 Å². The van der Waals surface area contributed by atoms with E-state index in [1.54, 1.807) is 0 Å². The van der Waals surface area contributed by atoms with Gasteiger partial charge in [0.2, 0.25) is 16.3 Å². The summed E-state index contributed by atoms with van der Waals surface area (Å²) < 4.78 is 30.2. The standard InChI is InChI=1S/3C9H12O4.In/c3*1-2-3-12-5-7-4-8(10)9(11)6-13-7;/h3*4,6,11H,2-3,5H2,1H3;. The Kier molecular flexibility index (Phi) is 20.1. The van der Waals surface area contributed by atoms with Crippen molar-refractivity contribution in [3.63, 3.8) is 0 Å². The van der Waals surface area contributed by atoms with E-state index >= 15 is 0 Å². The summed E-state index contributed by atoms with van der Waals surface area (Å²) in [6, 6.07) is 3.68. The summed E-state index contributed by atoms with van der Waals surface area (Å²) in [7, 11) is 0. The molecule has 0 aromatic carbocycles. The minimum atomic E-state index is -0.443. The molecule has 0 unspecified atom stereocenters. The van der Waals surface area contributed by atoms with Gasteiger partial charge in [0.25, 0.3) is 0 Å². The van der Waals surface area contributed by atoms with E-state index < -0.39 is 16.3 Å². The Bertz CT molecular complexity index is 1110. The molecule has 3 rings (SSSR count). The van der Waals surface area contributed by atoms with Gasteiger partial charge in [-0.25, -0.2) is 0 Å². The predicted octanol–water partition coefficient (Wildman–Crippen LogP) is 3.44. The Labute approximate surface area is 249 Å². The molecule has 3 N–H and O–H groups in total. The topological polar surface area (TPSA) is 179 Å². The molecule has 219 valence electrons. The van der Waals surface area contributed by atoms with Crippen LogP contribution in [0.15, 0.2) is 64.6 Å². The zero-order valence-electron chi connectivity index (χ0n) is 22.9. The first kappa shape index (κ1) is 37.0. The second-order valence-corrected chi connectivity index (χ2v) is 7.95. The summed E-state index contributed by atoms with van der Waals surface area (Å²) in [6.45, 7) is 8.67. The summed E-state index contributed by atoms with van der Waals surface area (Å²) in [5, 5.41) is 26.6. The van der Waals surface area contributed by atoms with Crippen LogP contribution in [0.3, 0.4) is 0 Å². The maximum absolute atomic E-state index is 10.9. The van der Waals surface area contributed by atoms with Crippen LogP contribution in [0.25, 0.3) is 0 Å². The quantitative estimate of drug-likeness (QED) is 0.240. The Morgan fingerprint density at radius 1 is 0.550 bits per heavy atom. The summed E-state index contributed by atoms with van der Waals surface area (Å²) in [5.41, 5.74) is -1.33. The zero-order valence-corrected chi connectivity index (χ0v) is 26.2. The van der Waals surface area contributed by atoms with Crippen LogP contribution in [0, 0.1) is 0 Å². The zero-order chi connectivity index (χ0) is 29.0. The van der Waals surface area contributed by atoms with Crippen LogP contribution >= 0.6 is 0 Å². The van der Waals surface area contributed by atoms with Crippen molar-refractivity contribution in [3.8, 4) is 17.2 Å². The Morgan fingerprint density at radius 3 is 1.00 bits per heavy atom. The van der Waals surface area contributed by atoms with Crippen molar-refractivity contribution in [1.82, 2.24) is 0 Å². The van der Waals surface area contributed by atoms with Crippen LogP contribution in [-0.2, 0) is 34.0 Å². The minimum absolute atomic E-state index is 0. The van der Waals surface area contributed by atoms with Gasteiger partial charge in [-0.1, -0.05) is 20.8 Å². The van der Waals surface area contributed by atoms with Gasteiger partial charge < -0.3 is 42.8 Å². The van der Waals surface area contributed by atoms with Crippen molar-refractivity contribution in [2.45, 2.75) is 59.9 Å². The van der Waals surface area contributed by atoms with Crippen LogP contribution in [0.2, 0.25) is 0 Å². The van der Waals surface area contributed by atoms with Crippen molar-refractivity contribution >= 4 is 25.8 Å². The van der Waals surface area contributed by atoms with Crippen molar-refractivity contribution in [2.24, 2.45) is 0 Å². The van der Waals surface area contributed by atoms with E-state index in [4.69, 9.17) is 42.8 Å². The van der Waals surface area contributed by atoms with Crippen molar-refractivity contribution < 1.29 is 42.8 Å². The molecular formula is C27H36InO12. The molecule has 0 aliphatic heterocycles. The molecule has 0 atom stereocenters. The first-order valence-corrected chi connectivity index (χ1v) is 12.4. The Balaban J connectivity index is 0.000000563. The molecule has 0 bridgehead atoms. The van der Waals surface area contributed by atoms with E-state index in [9.17, 15) is 14.4 Å². The summed E-state index contributed by atoms with van der Waals surface area (Å²) in [6.07, 6.45) is 5.82. The SMILES string of the molecule is CCCOCc1cc(=O)c(O)co1.CCCOCc1cc(=O)c(O)co1.CCCOCc1cc(=O)c(O)co1.[In]. The molecule has 0 aliphatic rings. The second-order valence-electron chi connectivity index (χ2n) is 7.95. The van der Waals surface area contributed by atoms with Gasteiger partial charge in [0.05, 0.1) is 0 Å². The van der Waals surface area contributed by atoms with Gasteiger partial charge >= 0.3 is 0 Å². The van der Waals surface area contributed by atoms with E-state index in [0.29, 0.717) is 37.1 Å². The molecule has 0 amide bonds. The first-order valence-electron chi connectivity index (χ1n) is 12.4. The molecule has 3 aromatic rings. The third kappa shape index (κ3) is 15.6. The Hall–Kier alpha value is -3.00. The van der Waals surface area contributed by atoms with E-state index in [0.717, 1.165) is 38.1 Å². The van der Waals surface area contributed by atoms with E-state index in [-0.39, 0.29) is 62.9 Å². The first-order chi connectivity index (χ1) is 18.7. The van der Waals surface area contributed by atoms with Crippen LogP contribution in [0.1, 0.15) is 57.3 Å². The monoisotopic (exact) mass is 667 g/mol. The average Bonchev–Trinajstić information content (AvgIpc) is 2.91. The smallest absolute Gasteiger partial charge is 0.226 e. The van der Waals surface area contributed by atoms with Crippen molar-refractivity contribution in [3.05, 3.63) is 84.9 Å². The molecule has 13 heteroatoms. The molecule has 3 aromatic heterocycles. The van der Waals surface area contributed by atoms with Crippen molar-refractivity contribution in [1.29, 1.82) is 0 Å². The number of hydrogen-bond acceptors (Lipinski definition) is 12. The third-order valence-corrected chi connectivity index (χ3v) is 4.38. The molecule has 0 saturated heterocycles. The molecule has 3 heterocycles. The van der Waals surface area contributed by atoms with Gasteiger partial charge in [0, 0.05) is 63.9 Å². The largest absolute Gasteiger partial charge is 0.502 e. The van der Waals surface area contributed by atoms with E-state index in [1.165, 1.54) is 18.2 Å². The number of hydrogen-bond donors (Lipinski definition) is 3. The Morgan fingerprint density at radius 2 is 0.800 bits per heavy atom. The van der Waals surface area contributed by atoms with E-state index in [1.807, 2.05) is 20.8 Å². The van der Waals surface area contributed by atoms with Crippen molar-refractivity contribution in [2.75, 3.05) is 19.8 Å². The van der Waals surface area contributed by atoms with Crippen LogP contribution in [0.4, 0.5) is 0 Å². The predicted molar refractivity (Wildman–Crippen MR) is 146 cm³/mol. The molecule has 0 aliphatic carbocycles. The molecule has 40 heavy (non-hydrogen) atoms. The molecular weight excluding hydrogens is 631 g/mol. The number of rotatable bonds is 12. The van der Waals surface area contributed by atoms with Gasteiger partial charge in [0.1, 0.15) is 55.9 Å². The normalized spacial score (nSPS) is 9.97. The van der Waals surface area contributed by atoms with Crippen LogP contribution in [-0.4, -0.2) is 61.0 Å². The van der Waals surface area contributed by atoms with Gasteiger partial charge in [-0.2, -0.15) is 0 Å². The maximum Gasteiger partial charge on any atom is 0.226 e. The fraction of sp³-hybridized carbons (Fsp3) is 0.444. The fourth-order valence-corrected chi connectivity index (χ4v) is 2.51.